The topological polar surface area (TPSA) is 53.8 Å². The van der Waals surface area contributed by atoms with Gasteiger partial charge in [-0.05, 0) is 37.1 Å². The molecule has 0 saturated carbocycles. The fraction of sp³-hybridized carbons (Fsp3) is 0.375. The van der Waals surface area contributed by atoms with E-state index in [0.717, 1.165) is 10.7 Å². The normalized spacial score (nSPS) is 18.0. The highest BCUT2D eigenvalue weighted by atomic mass is 32.2. The molecule has 0 aliphatic carbocycles. The summed E-state index contributed by atoms with van der Waals surface area (Å²) in [5.41, 5.74) is 2.52. The Morgan fingerprint density at radius 3 is 2.68 bits per heavy atom. The molecule has 6 heteroatoms. The Labute approximate surface area is 131 Å². The summed E-state index contributed by atoms with van der Waals surface area (Å²) in [4.78, 5) is 2.25. The Morgan fingerprint density at radius 2 is 1.95 bits per heavy atom. The second kappa shape index (κ2) is 5.44. The van der Waals surface area contributed by atoms with Gasteiger partial charge in [-0.3, -0.25) is 0 Å². The molecular weight excluding hydrogens is 300 g/mol. The zero-order chi connectivity index (χ0) is 15.9. The second-order valence-corrected chi connectivity index (χ2v) is 7.90. The third-order valence-electron chi connectivity index (χ3n) is 4.05. The molecule has 1 aromatic carbocycles. The minimum absolute atomic E-state index is 0.00682. The number of fused-ring (bicyclic) bond motifs is 1. The van der Waals surface area contributed by atoms with Gasteiger partial charge >= 0.3 is 0 Å². The predicted molar refractivity (Wildman–Crippen MR) is 85.4 cm³/mol. The summed E-state index contributed by atoms with van der Waals surface area (Å²) in [6, 6.07) is 11.9. The van der Waals surface area contributed by atoms with Crippen molar-refractivity contribution >= 4 is 15.7 Å². The van der Waals surface area contributed by atoms with Crippen LogP contribution in [0.25, 0.3) is 0 Å². The molecule has 118 valence electrons. The first kappa shape index (κ1) is 15.1. The Balaban J connectivity index is 1.85. The maximum atomic E-state index is 12.1. The molecule has 0 unspecified atom stereocenters. The molecule has 0 saturated heterocycles. The zero-order valence-corrected chi connectivity index (χ0v) is 13.8. The Kier molecular flexibility index (Phi) is 3.74. The smallest absolute Gasteiger partial charge is 0.275 e. The highest BCUT2D eigenvalue weighted by Gasteiger charge is 2.27. The van der Waals surface area contributed by atoms with Crippen molar-refractivity contribution in [3.05, 3.63) is 47.7 Å². The average Bonchev–Trinajstić information content (AvgIpc) is 3.05. The summed E-state index contributed by atoms with van der Waals surface area (Å²) < 4.78 is 30.8. The van der Waals surface area contributed by atoms with Gasteiger partial charge in [0.1, 0.15) is 5.76 Å². The van der Waals surface area contributed by atoms with E-state index < -0.39 is 10.0 Å². The lowest BCUT2D eigenvalue weighted by atomic mass is 10.1. The van der Waals surface area contributed by atoms with Gasteiger partial charge in [0.25, 0.3) is 10.0 Å². The van der Waals surface area contributed by atoms with Gasteiger partial charge in [-0.25, -0.2) is 12.7 Å². The largest absolute Gasteiger partial charge is 0.446 e. The van der Waals surface area contributed by atoms with Crippen LogP contribution in [0.5, 0.6) is 0 Å². The van der Waals surface area contributed by atoms with E-state index in [-0.39, 0.29) is 5.09 Å². The minimum Gasteiger partial charge on any atom is -0.446 e. The Hall–Kier alpha value is -1.79. The first-order chi connectivity index (χ1) is 10.4. The van der Waals surface area contributed by atoms with Gasteiger partial charge in [-0.15, -0.1) is 0 Å². The lowest BCUT2D eigenvalue weighted by Crippen LogP contribution is -2.28. The van der Waals surface area contributed by atoms with Crippen LogP contribution in [0.1, 0.15) is 18.2 Å². The predicted octanol–water partition coefficient (Wildman–Crippen LogP) is 2.48. The molecule has 0 spiro atoms. The van der Waals surface area contributed by atoms with E-state index in [1.165, 1.54) is 31.4 Å². The summed E-state index contributed by atoms with van der Waals surface area (Å²) in [6.07, 6.45) is 1.000. The maximum absolute atomic E-state index is 12.1. The molecule has 0 radical (unpaired) electrons. The molecule has 0 bridgehead atoms. The molecule has 1 aliphatic heterocycles. The average molecular weight is 320 g/mol. The SMILES string of the molecule is C[C@@H]1Cc2ccccc2N1Cc1ccc(S(=O)(=O)N(C)C)o1. The van der Waals surface area contributed by atoms with Crippen LogP contribution in [0.15, 0.2) is 45.9 Å². The molecule has 1 aromatic heterocycles. The minimum atomic E-state index is -3.52. The third-order valence-corrected chi connectivity index (χ3v) is 5.74. The van der Waals surface area contributed by atoms with Gasteiger partial charge in [-0.1, -0.05) is 18.2 Å². The van der Waals surface area contributed by atoms with Crippen LogP contribution in [0.2, 0.25) is 0 Å². The quantitative estimate of drug-likeness (QED) is 0.868. The summed E-state index contributed by atoms with van der Waals surface area (Å²) in [5, 5.41) is -0.00682. The molecule has 2 aromatic rings. The van der Waals surface area contributed by atoms with Crippen LogP contribution in [0, 0.1) is 0 Å². The molecule has 1 atom stereocenters. The first-order valence-corrected chi connectivity index (χ1v) is 8.69. The lowest BCUT2D eigenvalue weighted by molar-refractivity contribution is 0.394. The van der Waals surface area contributed by atoms with Crippen molar-refractivity contribution in [2.75, 3.05) is 19.0 Å². The maximum Gasteiger partial charge on any atom is 0.275 e. The number of benzene rings is 1. The van der Waals surface area contributed by atoms with E-state index in [2.05, 4.69) is 24.0 Å². The number of hydrogen-bond donors (Lipinski definition) is 0. The monoisotopic (exact) mass is 320 g/mol. The Morgan fingerprint density at radius 1 is 1.23 bits per heavy atom. The zero-order valence-electron chi connectivity index (χ0n) is 13.0. The Bertz CT molecular complexity index is 780. The number of sulfonamides is 1. The number of para-hydroxylation sites is 1. The van der Waals surface area contributed by atoms with Crippen LogP contribution in [0.3, 0.4) is 0 Å². The van der Waals surface area contributed by atoms with Crippen LogP contribution in [0.4, 0.5) is 5.69 Å². The van der Waals surface area contributed by atoms with Crippen molar-refractivity contribution in [3.63, 3.8) is 0 Å². The third kappa shape index (κ3) is 2.53. The molecule has 0 N–H and O–H groups in total. The van der Waals surface area contributed by atoms with Crippen LogP contribution in [-0.2, 0) is 23.0 Å². The molecule has 3 rings (SSSR count). The van der Waals surface area contributed by atoms with Gasteiger partial charge in [0.05, 0.1) is 6.54 Å². The summed E-state index contributed by atoms with van der Waals surface area (Å²) in [6.45, 7) is 2.74. The summed E-state index contributed by atoms with van der Waals surface area (Å²) in [7, 11) is -0.523. The highest BCUT2D eigenvalue weighted by molar-refractivity contribution is 7.88. The van der Waals surface area contributed by atoms with Crippen molar-refractivity contribution < 1.29 is 12.8 Å². The number of rotatable bonds is 4. The number of anilines is 1. The fourth-order valence-corrected chi connectivity index (χ4v) is 3.61. The second-order valence-electron chi connectivity index (χ2n) is 5.82. The standard InChI is InChI=1S/C16H20N2O3S/c1-12-10-13-6-4-5-7-15(13)18(12)11-14-8-9-16(21-14)22(19,20)17(2)3/h4-9,12H,10-11H2,1-3H3/t12-/m1/s1. The van der Waals surface area contributed by atoms with E-state index in [0.29, 0.717) is 18.3 Å². The molecule has 22 heavy (non-hydrogen) atoms. The lowest BCUT2D eigenvalue weighted by Gasteiger charge is -2.23. The molecule has 1 aliphatic rings. The van der Waals surface area contributed by atoms with Crippen molar-refractivity contribution in [1.29, 1.82) is 0 Å². The van der Waals surface area contributed by atoms with Gasteiger partial charge in [0.15, 0.2) is 0 Å². The number of nitrogens with zero attached hydrogens (tertiary/aromatic N) is 2. The molecular formula is C16H20N2O3S. The van der Waals surface area contributed by atoms with Crippen molar-refractivity contribution in [1.82, 2.24) is 4.31 Å². The fourth-order valence-electron chi connectivity index (χ4n) is 2.80. The highest BCUT2D eigenvalue weighted by Crippen LogP contribution is 2.33. The van der Waals surface area contributed by atoms with Crippen LogP contribution < -0.4 is 4.90 Å². The van der Waals surface area contributed by atoms with Gasteiger partial charge in [0, 0.05) is 25.8 Å². The number of furan rings is 1. The van der Waals surface area contributed by atoms with Crippen molar-refractivity contribution in [2.45, 2.75) is 31.0 Å². The van der Waals surface area contributed by atoms with Crippen molar-refractivity contribution in [2.24, 2.45) is 0 Å². The van der Waals surface area contributed by atoms with Crippen LogP contribution in [-0.4, -0.2) is 32.9 Å². The summed E-state index contributed by atoms with van der Waals surface area (Å²) >= 11 is 0. The van der Waals surface area contributed by atoms with Gasteiger partial charge in [0.2, 0.25) is 5.09 Å². The van der Waals surface area contributed by atoms with E-state index in [1.807, 2.05) is 12.1 Å². The number of hydrogen-bond acceptors (Lipinski definition) is 4. The molecule has 0 fully saturated rings. The van der Waals surface area contributed by atoms with Gasteiger partial charge in [-0.2, -0.15) is 0 Å². The summed E-state index contributed by atoms with van der Waals surface area (Å²) in [5.74, 6) is 0.656. The van der Waals surface area contributed by atoms with E-state index in [1.54, 1.807) is 6.07 Å². The van der Waals surface area contributed by atoms with Gasteiger partial charge < -0.3 is 9.32 Å². The molecule has 5 nitrogen and oxygen atoms in total. The molecule has 0 amide bonds. The van der Waals surface area contributed by atoms with Crippen LogP contribution >= 0.6 is 0 Å². The molecule has 2 heterocycles. The van der Waals surface area contributed by atoms with E-state index in [4.69, 9.17) is 4.42 Å². The van der Waals surface area contributed by atoms with E-state index in [9.17, 15) is 8.42 Å². The van der Waals surface area contributed by atoms with E-state index >= 15 is 0 Å². The van der Waals surface area contributed by atoms with Crippen molar-refractivity contribution in [3.8, 4) is 0 Å². The first-order valence-electron chi connectivity index (χ1n) is 7.25.